The van der Waals surface area contributed by atoms with Crippen molar-refractivity contribution < 1.29 is 27.8 Å². The molecule has 3 aromatic carbocycles. The van der Waals surface area contributed by atoms with Crippen LogP contribution in [0.25, 0.3) is 10.6 Å². The van der Waals surface area contributed by atoms with E-state index < -0.39 is 23.3 Å². The number of aliphatic carboxylic acids is 1. The summed E-state index contributed by atoms with van der Waals surface area (Å²) in [6, 6.07) is 22.5. The number of carbonyl (C=O) groups is 1. The lowest BCUT2D eigenvalue weighted by Gasteiger charge is -2.23. The van der Waals surface area contributed by atoms with Gasteiger partial charge in [-0.3, -0.25) is 4.90 Å². The number of halogens is 3. The molecule has 0 amide bonds. The van der Waals surface area contributed by atoms with E-state index in [1.54, 1.807) is 12.1 Å². The summed E-state index contributed by atoms with van der Waals surface area (Å²) in [4.78, 5) is 19.3. The highest BCUT2D eigenvalue weighted by molar-refractivity contribution is 7.15. The second-order valence-corrected chi connectivity index (χ2v) is 10.9. The molecule has 39 heavy (non-hydrogen) atoms. The first kappa shape index (κ1) is 28.3. The van der Waals surface area contributed by atoms with Crippen LogP contribution in [-0.4, -0.2) is 26.6 Å². The van der Waals surface area contributed by atoms with Gasteiger partial charge in [0.05, 0.1) is 11.3 Å². The summed E-state index contributed by atoms with van der Waals surface area (Å²) in [5.41, 5.74) is 1.64. The Hall–Kier alpha value is -3.69. The minimum absolute atomic E-state index is 0.472. The van der Waals surface area contributed by atoms with Crippen LogP contribution in [-0.2, 0) is 30.6 Å². The number of hydrogen-bond donors (Lipinski definition) is 1. The third-order valence-corrected chi connectivity index (χ3v) is 7.38. The van der Waals surface area contributed by atoms with Crippen molar-refractivity contribution in [1.82, 2.24) is 9.88 Å². The number of hydrogen-bond acceptors (Lipinski definition) is 5. The number of alkyl halides is 3. The lowest BCUT2D eigenvalue weighted by atomic mass is 10.1. The normalized spacial score (nSPS) is 12.1. The molecule has 0 saturated carbocycles. The molecule has 0 bridgehead atoms. The van der Waals surface area contributed by atoms with E-state index in [1.807, 2.05) is 37.3 Å². The van der Waals surface area contributed by atoms with E-state index in [2.05, 4.69) is 22.0 Å². The summed E-state index contributed by atoms with van der Waals surface area (Å²) in [6.07, 6.45) is -4.38. The van der Waals surface area contributed by atoms with Gasteiger partial charge in [0.1, 0.15) is 10.8 Å². The molecule has 0 atom stereocenters. The van der Waals surface area contributed by atoms with Crippen LogP contribution in [0.5, 0.6) is 5.75 Å². The fourth-order valence-electron chi connectivity index (χ4n) is 3.97. The molecule has 0 spiro atoms. The number of aryl methyl sites for hydroxylation is 1. The van der Waals surface area contributed by atoms with Gasteiger partial charge in [-0.2, -0.15) is 13.2 Å². The third-order valence-electron chi connectivity index (χ3n) is 6.19. The van der Waals surface area contributed by atoms with Gasteiger partial charge in [-0.1, -0.05) is 54.6 Å². The Balaban J connectivity index is 1.53. The smallest absolute Gasteiger partial charge is 0.416 e. The zero-order valence-electron chi connectivity index (χ0n) is 21.8. The lowest BCUT2D eigenvalue weighted by molar-refractivity contribution is -0.152. The molecule has 5 nitrogen and oxygen atoms in total. The zero-order valence-corrected chi connectivity index (χ0v) is 22.6. The number of nitrogens with zero attached hydrogens (tertiary/aromatic N) is 2. The van der Waals surface area contributed by atoms with Crippen molar-refractivity contribution in [2.24, 2.45) is 0 Å². The van der Waals surface area contributed by atoms with Crippen molar-refractivity contribution in [2.45, 2.75) is 52.2 Å². The number of thiazole rings is 1. The Morgan fingerprint density at radius 1 is 0.897 bits per heavy atom. The van der Waals surface area contributed by atoms with Crippen molar-refractivity contribution >= 4 is 17.3 Å². The Morgan fingerprint density at radius 2 is 1.49 bits per heavy atom. The fraction of sp³-hybridized carbons (Fsp3) is 0.267. The first-order chi connectivity index (χ1) is 18.4. The SMILES string of the molecule is Cc1nc(-c2ccc(C(F)(F)F)cc2)sc1CN(Cc1ccccc1)Cc1ccc(OC(C)(C)C(=O)O)cc1. The van der Waals surface area contributed by atoms with Crippen LogP contribution >= 0.6 is 11.3 Å². The number of rotatable bonds is 10. The number of carboxylic acids is 1. The summed E-state index contributed by atoms with van der Waals surface area (Å²) >= 11 is 1.48. The van der Waals surface area contributed by atoms with Gasteiger partial charge < -0.3 is 9.84 Å². The van der Waals surface area contributed by atoms with E-state index in [1.165, 1.54) is 37.3 Å². The average Bonchev–Trinajstić information content (AvgIpc) is 3.25. The van der Waals surface area contributed by atoms with Crippen LogP contribution in [0.15, 0.2) is 78.9 Å². The van der Waals surface area contributed by atoms with E-state index in [0.29, 0.717) is 36.0 Å². The van der Waals surface area contributed by atoms with E-state index >= 15 is 0 Å². The van der Waals surface area contributed by atoms with Gasteiger partial charge in [-0.05, 0) is 56.2 Å². The molecule has 0 aliphatic rings. The van der Waals surface area contributed by atoms with Gasteiger partial charge in [0.25, 0.3) is 0 Å². The molecule has 0 saturated heterocycles. The summed E-state index contributed by atoms with van der Waals surface area (Å²) < 4.78 is 44.5. The highest BCUT2D eigenvalue weighted by atomic mass is 32.1. The maximum absolute atomic E-state index is 13.0. The Morgan fingerprint density at radius 3 is 2.05 bits per heavy atom. The largest absolute Gasteiger partial charge is 0.478 e. The molecule has 0 fully saturated rings. The van der Waals surface area contributed by atoms with Crippen molar-refractivity contribution in [1.29, 1.82) is 0 Å². The molecular formula is C30H29F3N2O3S. The first-order valence-corrected chi connectivity index (χ1v) is 13.1. The topological polar surface area (TPSA) is 62.7 Å². The summed E-state index contributed by atoms with van der Waals surface area (Å²) in [5, 5.41) is 10.00. The van der Waals surface area contributed by atoms with Gasteiger partial charge in [-0.15, -0.1) is 11.3 Å². The average molecular weight is 555 g/mol. The highest BCUT2D eigenvalue weighted by Crippen LogP contribution is 2.33. The quantitative estimate of drug-likeness (QED) is 0.219. The van der Waals surface area contributed by atoms with Crippen molar-refractivity contribution in [2.75, 3.05) is 0 Å². The second kappa shape index (κ2) is 11.6. The molecule has 0 aliphatic heterocycles. The van der Waals surface area contributed by atoms with E-state index in [4.69, 9.17) is 4.74 Å². The van der Waals surface area contributed by atoms with Gasteiger partial charge in [0.2, 0.25) is 0 Å². The predicted molar refractivity (Wildman–Crippen MR) is 145 cm³/mol. The Kier molecular flexibility index (Phi) is 8.42. The second-order valence-electron chi connectivity index (χ2n) is 9.79. The molecule has 204 valence electrons. The molecule has 0 unspecified atom stereocenters. The third kappa shape index (κ3) is 7.46. The number of benzene rings is 3. The molecule has 1 heterocycles. The van der Waals surface area contributed by atoms with Crippen LogP contribution in [0.4, 0.5) is 13.2 Å². The van der Waals surface area contributed by atoms with E-state index in [9.17, 15) is 23.1 Å². The summed E-state index contributed by atoms with van der Waals surface area (Å²) in [5.74, 6) is -0.573. The van der Waals surface area contributed by atoms with E-state index in [-0.39, 0.29) is 0 Å². The number of aromatic nitrogens is 1. The van der Waals surface area contributed by atoms with Crippen LogP contribution in [0.1, 0.15) is 41.1 Å². The molecule has 1 N–H and O–H groups in total. The first-order valence-electron chi connectivity index (χ1n) is 12.3. The standard InChI is InChI=1S/C30H29F3N2O3S/c1-20-26(39-27(34-20)23-11-13-24(14-12-23)30(31,32)33)19-35(17-21-7-5-4-6-8-21)18-22-9-15-25(16-10-22)38-29(2,3)28(36)37/h4-16H,17-19H2,1-3H3,(H,36,37). The molecule has 4 aromatic rings. The van der Waals surface area contributed by atoms with Crippen molar-refractivity contribution in [3.63, 3.8) is 0 Å². The molecule has 1 aromatic heterocycles. The van der Waals surface area contributed by atoms with Crippen molar-refractivity contribution in [3.05, 3.63) is 106 Å². The Bertz CT molecular complexity index is 1400. The molecule has 9 heteroatoms. The molecule has 4 rings (SSSR count). The van der Waals surface area contributed by atoms with Crippen LogP contribution in [0.3, 0.4) is 0 Å². The van der Waals surface area contributed by atoms with Gasteiger partial charge in [-0.25, -0.2) is 9.78 Å². The Labute approximate surface area is 229 Å². The fourth-order valence-corrected chi connectivity index (χ4v) is 5.08. The lowest BCUT2D eigenvalue weighted by Crippen LogP contribution is -2.37. The van der Waals surface area contributed by atoms with Gasteiger partial charge >= 0.3 is 12.1 Å². The number of ether oxygens (including phenoxy) is 1. The number of carboxylic acid groups (broad SMARTS) is 1. The molecule has 0 radical (unpaired) electrons. The summed E-state index contributed by atoms with van der Waals surface area (Å²) in [6.45, 7) is 6.81. The van der Waals surface area contributed by atoms with Gasteiger partial charge in [0.15, 0.2) is 5.60 Å². The maximum atomic E-state index is 13.0. The molecular weight excluding hydrogens is 525 g/mol. The van der Waals surface area contributed by atoms with Gasteiger partial charge in [0, 0.05) is 30.1 Å². The van der Waals surface area contributed by atoms with E-state index in [0.717, 1.165) is 33.8 Å². The van der Waals surface area contributed by atoms with Crippen LogP contribution in [0.2, 0.25) is 0 Å². The highest BCUT2D eigenvalue weighted by Gasteiger charge is 2.30. The summed E-state index contributed by atoms with van der Waals surface area (Å²) in [7, 11) is 0. The monoisotopic (exact) mass is 554 g/mol. The minimum Gasteiger partial charge on any atom is -0.478 e. The predicted octanol–water partition coefficient (Wildman–Crippen LogP) is 7.58. The van der Waals surface area contributed by atoms with Crippen LogP contribution < -0.4 is 4.74 Å². The van der Waals surface area contributed by atoms with Crippen LogP contribution in [0, 0.1) is 6.92 Å². The zero-order chi connectivity index (χ0) is 28.2. The van der Waals surface area contributed by atoms with Crippen molar-refractivity contribution in [3.8, 4) is 16.3 Å². The minimum atomic E-state index is -4.38. The maximum Gasteiger partial charge on any atom is 0.416 e. The molecule has 0 aliphatic carbocycles.